The van der Waals surface area contributed by atoms with E-state index in [4.69, 9.17) is 5.73 Å². The zero-order valence-corrected chi connectivity index (χ0v) is 30.8. The van der Waals surface area contributed by atoms with Gasteiger partial charge in [-0.05, 0) is 132 Å². The minimum Gasteiger partial charge on any atom is -0.398 e. The summed E-state index contributed by atoms with van der Waals surface area (Å²) in [5.41, 5.74) is 12.0. The van der Waals surface area contributed by atoms with Gasteiger partial charge >= 0.3 is 0 Å². The number of hydrogen-bond acceptors (Lipinski definition) is 5. The van der Waals surface area contributed by atoms with Crippen molar-refractivity contribution in [1.29, 1.82) is 0 Å². The quantitative estimate of drug-likeness (QED) is 0.126. The third kappa shape index (κ3) is 7.03. The number of Topliss-reactive ketones (excluding diaryl/α,β-unsaturated/α-hetero) is 1. The molecule has 0 aliphatic heterocycles. The highest BCUT2D eigenvalue weighted by molar-refractivity contribution is 5.98. The van der Waals surface area contributed by atoms with Gasteiger partial charge in [-0.25, -0.2) is 0 Å². The minimum absolute atomic E-state index is 0.0142. The predicted octanol–water partition coefficient (Wildman–Crippen LogP) is 8.38. The SMILES string of the molecule is C[C@H](CCC(=O)NCc1ccc(C(=O)Cc2ccc(-c3ccccc3)cc2N)cc1)[C@H]1CC[C@H]2[C@@H]3[C@@H](O)C[C@@H]4C[C@H](O)CC[C@]4(C)[C@H]3CC[C@]12C. The number of carbonyl (C=O) groups excluding carboxylic acids is 2. The highest BCUT2D eigenvalue weighted by Gasteiger charge is 2.62. The van der Waals surface area contributed by atoms with E-state index in [9.17, 15) is 19.8 Å². The largest absolute Gasteiger partial charge is 0.398 e. The van der Waals surface area contributed by atoms with Gasteiger partial charge in [0.1, 0.15) is 0 Å². The van der Waals surface area contributed by atoms with Crippen molar-refractivity contribution in [2.75, 3.05) is 5.73 Å². The topological polar surface area (TPSA) is 113 Å². The summed E-state index contributed by atoms with van der Waals surface area (Å²) >= 11 is 0. The Hall–Kier alpha value is -3.48. The number of nitrogens with two attached hydrogens (primary N) is 1. The summed E-state index contributed by atoms with van der Waals surface area (Å²) in [5, 5.41) is 25.1. The van der Waals surface area contributed by atoms with Crippen molar-refractivity contribution in [1.82, 2.24) is 5.32 Å². The van der Waals surface area contributed by atoms with Crippen LogP contribution in [0.1, 0.15) is 106 Å². The molecule has 4 saturated carbocycles. The Balaban J connectivity index is 0.885. The number of aliphatic hydroxyl groups excluding tert-OH is 2. The average Bonchev–Trinajstić information content (AvgIpc) is 3.49. The van der Waals surface area contributed by atoms with E-state index < -0.39 is 0 Å². The molecular weight excluding hydrogens is 633 g/mol. The summed E-state index contributed by atoms with van der Waals surface area (Å²) in [6, 6.07) is 23.5. The smallest absolute Gasteiger partial charge is 0.220 e. The van der Waals surface area contributed by atoms with E-state index >= 15 is 0 Å². The number of fused-ring (bicyclic) bond motifs is 5. The average molecular weight is 691 g/mol. The van der Waals surface area contributed by atoms with Crippen molar-refractivity contribution in [3.8, 4) is 11.1 Å². The van der Waals surface area contributed by atoms with Crippen LogP contribution in [-0.4, -0.2) is 34.1 Å². The first-order valence-electron chi connectivity index (χ1n) is 19.6. The highest BCUT2D eigenvalue weighted by Crippen LogP contribution is 2.68. The molecule has 0 saturated heterocycles. The molecule has 0 unspecified atom stereocenters. The molecule has 0 spiro atoms. The number of amides is 1. The van der Waals surface area contributed by atoms with Crippen molar-refractivity contribution in [2.24, 2.45) is 46.3 Å². The monoisotopic (exact) mass is 690 g/mol. The molecule has 0 radical (unpaired) electrons. The van der Waals surface area contributed by atoms with Gasteiger partial charge in [0.25, 0.3) is 0 Å². The number of rotatable bonds is 10. The third-order valence-corrected chi connectivity index (χ3v) is 14.6. The molecule has 272 valence electrons. The normalized spacial score (nSPS) is 33.4. The van der Waals surface area contributed by atoms with Crippen molar-refractivity contribution in [2.45, 2.75) is 110 Å². The summed E-state index contributed by atoms with van der Waals surface area (Å²) < 4.78 is 0. The summed E-state index contributed by atoms with van der Waals surface area (Å²) in [6.07, 6.45) is 9.63. The molecule has 3 aromatic carbocycles. The molecule has 51 heavy (non-hydrogen) atoms. The van der Waals surface area contributed by atoms with Crippen LogP contribution in [0.4, 0.5) is 5.69 Å². The lowest BCUT2D eigenvalue weighted by molar-refractivity contribution is -0.174. The zero-order chi connectivity index (χ0) is 35.9. The molecule has 4 aliphatic rings. The van der Waals surface area contributed by atoms with E-state index in [1.165, 1.54) is 25.7 Å². The summed E-state index contributed by atoms with van der Waals surface area (Å²) in [4.78, 5) is 26.1. The lowest BCUT2D eigenvalue weighted by Crippen LogP contribution is -2.58. The van der Waals surface area contributed by atoms with Gasteiger partial charge < -0.3 is 21.3 Å². The highest BCUT2D eigenvalue weighted by atomic mass is 16.3. The van der Waals surface area contributed by atoms with E-state index in [0.29, 0.717) is 59.7 Å². The first-order valence-corrected chi connectivity index (χ1v) is 19.6. The molecule has 6 heteroatoms. The van der Waals surface area contributed by atoms with Gasteiger partial charge in [0.2, 0.25) is 5.91 Å². The zero-order valence-electron chi connectivity index (χ0n) is 30.8. The number of carbonyl (C=O) groups is 2. The number of nitrogen functional groups attached to an aromatic ring is 1. The van der Waals surface area contributed by atoms with Crippen LogP contribution in [0.5, 0.6) is 0 Å². The Labute approximate surface area is 304 Å². The first kappa shape index (κ1) is 35.9. The molecule has 1 amide bonds. The van der Waals surface area contributed by atoms with Crippen LogP contribution < -0.4 is 11.1 Å². The molecule has 3 aromatic rings. The molecular formula is C45H58N2O4. The van der Waals surface area contributed by atoms with E-state index in [1.807, 2.05) is 72.8 Å². The maximum atomic E-state index is 13.1. The van der Waals surface area contributed by atoms with E-state index in [2.05, 4.69) is 26.1 Å². The Kier molecular flexibility index (Phi) is 10.2. The van der Waals surface area contributed by atoms with Crippen LogP contribution in [-0.2, 0) is 17.8 Å². The number of ketones is 1. The van der Waals surface area contributed by atoms with Crippen LogP contribution in [0.3, 0.4) is 0 Å². The van der Waals surface area contributed by atoms with Crippen molar-refractivity contribution in [3.63, 3.8) is 0 Å². The molecule has 0 aromatic heterocycles. The molecule has 4 aliphatic carbocycles. The van der Waals surface area contributed by atoms with Crippen molar-refractivity contribution < 1.29 is 19.8 Å². The third-order valence-electron chi connectivity index (χ3n) is 14.6. The van der Waals surface area contributed by atoms with Gasteiger partial charge in [-0.3, -0.25) is 9.59 Å². The molecule has 7 rings (SSSR count). The Bertz CT molecular complexity index is 1710. The predicted molar refractivity (Wildman–Crippen MR) is 204 cm³/mol. The fraction of sp³-hybridized carbons (Fsp3) is 0.556. The summed E-state index contributed by atoms with van der Waals surface area (Å²) in [5.74, 6) is 3.01. The number of hydrogen-bond donors (Lipinski definition) is 4. The number of anilines is 1. The Morgan fingerprint density at radius 1 is 0.863 bits per heavy atom. The molecule has 4 fully saturated rings. The van der Waals surface area contributed by atoms with Gasteiger partial charge in [0, 0.05) is 30.6 Å². The molecule has 10 atom stereocenters. The fourth-order valence-electron chi connectivity index (χ4n) is 11.7. The van der Waals surface area contributed by atoms with Gasteiger partial charge in [0.15, 0.2) is 5.78 Å². The van der Waals surface area contributed by atoms with Crippen LogP contribution in [0.15, 0.2) is 72.8 Å². The minimum atomic E-state index is -0.258. The Morgan fingerprint density at radius 3 is 2.33 bits per heavy atom. The van der Waals surface area contributed by atoms with Gasteiger partial charge in [-0.15, -0.1) is 0 Å². The first-order chi connectivity index (χ1) is 24.5. The van der Waals surface area contributed by atoms with E-state index in [-0.39, 0.29) is 41.1 Å². The van der Waals surface area contributed by atoms with Crippen LogP contribution in [0, 0.1) is 46.3 Å². The molecule has 0 bridgehead atoms. The standard InChI is InChI=1S/C45H58N2O4/c1-28(36-16-17-37-43-38(20-22-45(36,37)3)44(2)21-19-35(48)25-34(44)26-41(43)50)9-18-42(51)47-27-29-10-12-31(13-11-29)40(49)24-33-15-14-32(23-39(33)46)30-7-5-4-6-8-30/h4-8,10-15,23,28,34-38,41,43,48,50H,9,16-22,24-27,46H2,1-3H3,(H,47,51)/t28-,34+,35-,36-,37+,38+,41+,43+,44+,45-/m1/s1. The lowest BCUT2D eigenvalue weighted by Gasteiger charge is -2.62. The maximum absolute atomic E-state index is 13.1. The van der Waals surface area contributed by atoms with Crippen LogP contribution >= 0.6 is 0 Å². The van der Waals surface area contributed by atoms with Gasteiger partial charge in [0.05, 0.1) is 12.2 Å². The van der Waals surface area contributed by atoms with E-state index in [1.54, 1.807) is 0 Å². The fourth-order valence-corrected chi connectivity index (χ4v) is 11.7. The van der Waals surface area contributed by atoms with Gasteiger partial charge in [-0.2, -0.15) is 0 Å². The second-order valence-electron chi connectivity index (χ2n) is 17.3. The second kappa shape index (κ2) is 14.5. The maximum Gasteiger partial charge on any atom is 0.220 e. The van der Waals surface area contributed by atoms with Gasteiger partial charge in [-0.1, -0.05) is 87.5 Å². The summed E-state index contributed by atoms with van der Waals surface area (Å²) in [7, 11) is 0. The lowest BCUT2D eigenvalue weighted by atomic mass is 9.43. The Morgan fingerprint density at radius 2 is 1.59 bits per heavy atom. The summed E-state index contributed by atoms with van der Waals surface area (Å²) in [6.45, 7) is 7.76. The van der Waals surface area contributed by atoms with Crippen LogP contribution in [0.25, 0.3) is 11.1 Å². The van der Waals surface area contributed by atoms with E-state index in [0.717, 1.165) is 54.4 Å². The molecule has 5 N–H and O–H groups in total. The molecule has 6 nitrogen and oxygen atoms in total. The van der Waals surface area contributed by atoms with Crippen molar-refractivity contribution >= 4 is 17.4 Å². The number of nitrogens with one attached hydrogen (secondary N) is 1. The van der Waals surface area contributed by atoms with Crippen molar-refractivity contribution in [3.05, 3.63) is 89.5 Å². The van der Waals surface area contributed by atoms with Crippen LogP contribution in [0.2, 0.25) is 0 Å². The molecule has 0 heterocycles. The number of aliphatic hydroxyl groups is 2. The second-order valence-corrected chi connectivity index (χ2v) is 17.3. The number of benzene rings is 3.